The van der Waals surface area contributed by atoms with E-state index >= 15 is 0 Å². The van der Waals surface area contributed by atoms with E-state index in [0.717, 1.165) is 5.92 Å². The third kappa shape index (κ3) is 7.84. The van der Waals surface area contributed by atoms with Crippen LogP contribution < -0.4 is 0 Å². The molecule has 1 heteroatoms. The first-order valence-electron chi connectivity index (χ1n) is 6.87. The Hall–Kier alpha value is -0.0400. The molecule has 0 aromatic carbocycles. The molecule has 1 nitrogen and oxygen atoms in total. The van der Waals surface area contributed by atoms with Crippen molar-refractivity contribution >= 4 is 0 Å². The molecule has 0 radical (unpaired) electrons. The average Bonchev–Trinajstić information content (AvgIpc) is 2.18. The molecule has 0 aromatic heterocycles. The Morgan fingerprint density at radius 3 is 2.00 bits per heavy atom. The second kappa shape index (κ2) is 8.15. The summed E-state index contributed by atoms with van der Waals surface area (Å²) < 4.78 is 1.28. The molecule has 0 saturated heterocycles. The summed E-state index contributed by atoms with van der Waals surface area (Å²) in [5.74, 6) is 0.867. The summed E-state index contributed by atoms with van der Waals surface area (Å²) in [5, 5.41) is 0. The molecule has 0 aliphatic rings. The van der Waals surface area contributed by atoms with Gasteiger partial charge >= 0.3 is 0 Å². The highest BCUT2D eigenvalue weighted by atomic mass is 15.3. The lowest BCUT2D eigenvalue weighted by Gasteiger charge is -2.33. The van der Waals surface area contributed by atoms with Crippen LogP contribution in [0.5, 0.6) is 0 Å². The summed E-state index contributed by atoms with van der Waals surface area (Å²) in [6, 6.07) is 0. The van der Waals surface area contributed by atoms with Gasteiger partial charge in [0.15, 0.2) is 0 Å². The zero-order valence-corrected chi connectivity index (χ0v) is 11.7. The highest BCUT2D eigenvalue weighted by Gasteiger charge is 2.17. The molecule has 0 aliphatic heterocycles. The molecule has 15 heavy (non-hydrogen) atoms. The summed E-state index contributed by atoms with van der Waals surface area (Å²) in [6.45, 7) is 13.3. The first-order chi connectivity index (χ1) is 7.04. The van der Waals surface area contributed by atoms with E-state index in [4.69, 9.17) is 0 Å². The van der Waals surface area contributed by atoms with Crippen LogP contribution >= 0.6 is 0 Å². The summed E-state index contributed by atoms with van der Waals surface area (Å²) in [6.07, 6.45) is 6.94. The largest absolute Gasteiger partial charge is 0.326 e. The zero-order valence-electron chi connectivity index (χ0n) is 11.7. The Labute approximate surface area is 97.5 Å². The van der Waals surface area contributed by atoms with Gasteiger partial charge < -0.3 is 4.48 Å². The van der Waals surface area contributed by atoms with E-state index in [9.17, 15) is 0 Å². The van der Waals surface area contributed by atoms with Gasteiger partial charge in [-0.3, -0.25) is 0 Å². The molecule has 0 N–H and O–H groups in total. The van der Waals surface area contributed by atoms with Crippen LogP contribution in [-0.2, 0) is 0 Å². The van der Waals surface area contributed by atoms with Crippen LogP contribution in [0.2, 0.25) is 0 Å². The maximum absolute atomic E-state index is 2.43. The Morgan fingerprint density at radius 2 is 1.53 bits per heavy atom. The molecule has 0 fully saturated rings. The Bertz CT molecular complexity index is 142. The minimum Gasteiger partial charge on any atom is -0.326 e. The molecule has 0 saturated carbocycles. The van der Waals surface area contributed by atoms with Crippen molar-refractivity contribution in [3.05, 3.63) is 0 Å². The van der Waals surface area contributed by atoms with Gasteiger partial charge in [0.1, 0.15) is 0 Å². The van der Waals surface area contributed by atoms with Crippen LogP contribution in [0.1, 0.15) is 59.8 Å². The summed E-state index contributed by atoms with van der Waals surface area (Å²) >= 11 is 0. The quantitative estimate of drug-likeness (QED) is 0.401. The van der Waals surface area contributed by atoms with Crippen LogP contribution in [-0.4, -0.2) is 31.2 Å². The first kappa shape index (κ1) is 15.0. The molecule has 0 rings (SSSR count). The molecule has 0 aliphatic carbocycles. The van der Waals surface area contributed by atoms with Crippen LogP contribution in [0.3, 0.4) is 0 Å². The van der Waals surface area contributed by atoms with Gasteiger partial charge in [-0.05, 0) is 38.5 Å². The second-order valence-corrected chi connectivity index (χ2v) is 5.63. The van der Waals surface area contributed by atoms with E-state index in [-0.39, 0.29) is 0 Å². The van der Waals surface area contributed by atoms with E-state index in [1.165, 1.54) is 56.2 Å². The monoisotopic (exact) mass is 214 g/mol. The topological polar surface area (TPSA) is 0 Å². The molecule has 0 amide bonds. The van der Waals surface area contributed by atoms with Crippen LogP contribution in [0.4, 0.5) is 0 Å². The van der Waals surface area contributed by atoms with Gasteiger partial charge in [-0.15, -0.1) is 0 Å². The number of nitrogens with zero attached hydrogens (tertiary/aromatic N) is 1. The van der Waals surface area contributed by atoms with E-state index < -0.39 is 0 Å². The van der Waals surface area contributed by atoms with Crippen molar-refractivity contribution in [1.82, 2.24) is 0 Å². The molecule has 0 bridgehead atoms. The zero-order chi connectivity index (χ0) is 11.7. The van der Waals surface area contributed by atoms with Gasteiger partial charge in [-0.25, -0.2) is 0 Å². The normalized spacial score (nSPS) is 15.6. The van der Waals surface area contributed by atoms with E-state index in [1.54, 1.807) is 0 Å². The molecule has 0 heterocycles. The predicted octanol–water partition coefficient (Wildman–Crippen LogP) is 4.08. The Kier molecular flexibility index (Phi) is 8.13. The fourth-order valence-corrected chi connectivity index (χ4v) is 2.05. The van der Waals surface area contributed by atoms with Crippen molar-refractivity contribution in [2.75, 3.05) is 26.7 Å². The highest BCUT2D eigenvalue weighted by molar-refractivity contribution is 4.47. The SMILES string of the molecule is CCCCC[N+](C)(CC)CCCC(C)C. The lowest BCUT2D eigenvalue weighted by atomic mass is 10.1. The third-order valence-corrected chi connectivity index (χ3v) is 3.54. The van der Waals surface area contributed by atoms with Crippen molar-refractivity contribution in [1.29, 1.82) is 0 Å². The van der Waals surface area contributed by atoms with Crippen LogP contribution in [0.15, 0.2) is 0 Å². The molecule has 0 spiro atoms. The minimum atomic E-state index is 0.867. The lowest BCUT2D eigenvalue weighted by molar-refractivity contribution is -0.908. The van der Waals surface area contributed by atoms with Gasteiger partial charge in [0, 0.05) is 0 Å². The number of hydrogen-bond donors (Lipinski definition) is 0. The van der Waals surface area contributed by atoms with E-state index in [1.807, 2.05) is 0 Å². The second-order valence-electron chi connectivity index (χ2n) is 5.63. The van der Waals surface area contributed by atoms with Gasteiger partial charge in [0.25, 0.3) is 0 Å². The van der Waals surface area contributed by atoms with Crippen LogP contribution in [0, 0.1) is 5.92 Å². The van der Waals surface area contributed by atoms with Crippen molar-refractivity contribution < 1.29 is 4.48 Å². The average molecular weight is 214 g/mol. The maximum Gasteiger partial charge on any atom is 0.0784 e. The standard InChI is InChI=1S/C14H32N/c1-6-8-9-12-15(5,7-2)13-10-11-14(3)4/h14H,6-13H2,1-5H3/q+1. The summed E-state index contributed by atoms with van der Waals surface area (Å²) in [5.41, 5.74) is 0. The maximum atomic E-state index is 2.43. The third-order valence-electron chi connectivity index (χ3n) is 3.54. The molecule has 1 atom stereocenters. The van der Waals surface area contributed by atoms with Crippen molar-refractivity contribution in [3.63, 3.8) is 0 Å². The van der Waals surface area contributed by atoms with Crippen LogP contribution in [0.25, 0.3) is 0 Å². The van der Waals surface area contributed by atoms with Gasteiger partial charge in [0.05, 0.1) is 26.7 Å². The summed E-state index contributed by atoms with van der Waals surface area (Å²) in [7, 11) is 2.43. The van der Waals surface area contributed by atoms with Gasteiger partial charge in [-0.2, -0.15) is 0 Å². The molecular weight excluding hydrogens is 182 g/mol. The smallest absolute Gasteiger partial charge is 0.0784 e. The molecular formula is C14H32N+. The van der Waals surface area contributed by atoms with Crippen molar-refractivity contribution in [2.45, 2.75) is 59.8 Å². The molecule has 92 valence electrons. The highest BCUT2D eigenvalue weighted by Crippen LogP contribution is 2.11. The van der Waals surface area contributed by atoms with E-state index in [0.29, 0.717) is 0 Å². The summed E-state index contributed by atoms with van der Waals surface area (Å²) in [4.78, 5) is 0. The number of quaternary nitrogens is 1. The Balaban J connectivity index is 3.74. The minimum absolute atomic E-state index is 0.867. The van der Waals surface area contributed by atoms with Gasteiger partial charge in [-0.1, -0.05) is 27.2 Å². The lowest BCUT2D eigenvalue weighted by Crippen LogP contribution is -2.45. The Morgan fingerprint density at radius 1 is 0.933 bits per heavy atom. The molecule has 1 unspecified atom stereocenters. The van der Waals surface area contributed by atoms with Gasteiger partial charge in [0.2, 0.25) is 0 Å². The number of unbranched alkanes of at least 4 members (excludes halogenated alkanes) is 2. The molecule has 0 aromatic rings. The van der Waals surface area contributed by atoms with E-state index in [2.05, 4.69) is 34.7 Å². The number of rotatable bonds is 9. The number of hydrogen-bond acceptors (Lipinski definition) is 0. The fraction of sp³-hybridized carbons (Fsp3) is 1.00. The predicted molar refractivity (Wildman–Crippen MR) is 70.1 cm³/mol. The van der Waals surface area contributed by atoms with Crippen molar-refractivity contribution in [3.8, 4) is 0 Å². The van der Waals surface area contributed by atoms with Crippen molar-refractivity contribution in [2.24, 2.45) is 5.92 Å². The fourth-order valence-electron chi connectivity index (χ4n) is 2.05. The first-order valence-corrected chi connectivity index (χ1v) is 6.87.